The molecule has 1 aliphatic rings. The molecule has 2 aromatic rings. The third-order valence-electron chi connectivity index (χ3n) is 5.99. The molecule has 8 nitrogen and oxygen atoms in total. The lowest BCUT2D eigenvalue weighted by Gasteiger charge is -2.38. The van der Waals surface area contributed by atoms with Gasteiger partial charge in [-0.15, -0.1) is 0 Å². The molecule has 3 unspecified atom stereocenters. The molecule has 0 aliphatic carbocycles. The highest BCUT2D eigenvalue weighted by molar-refractivity contribution is 6.33. The van der Waals surface area contributed by atoms with Gasteiger partial charge in [-0.3, -0.25) is 9.59 Å². The summed E-state index contributed by atoms with van der Waals surface area (Å²) < 4.78 is 23.9. The van der Waals surface area contributed by atoms with E-state index in [1.54, 1.807) is 7.11 Å². The fourth-order valence-electron chi connectivity index (χ4n) is 3.99. The van der Waals surface area contributed by atoms with Gasteiger partial charge in [-0.1, -0.05) is 23.7 Å². The number of nitrogens with zero attached hydrogens (tertiary/aromatic N) is 1. The second kappa shape index (κ2) is 11.6. The molecule has 34 heavy (non-hydrogen) atoms. The Labute approximate surface area is 202 Å². The van der Waals surface area contributed by atoms with Crippen molar-refractivity contribution in [2.75, 3.05) is 39.6 Å². The summed E-state index contributed by atoms with van der Waals surface area (Å²) in [6, 6.07) is 7.94. The Morgan fingerprint density at radius 1 is 1.29 bits per heavy atom. The molecule has 0 saturated carbocycles. The van der Waals surface area contributed by atoms with Crippen molar-refractivity contribution in [3.8, 4) is 5.75 Å². The summed E-state index contributed by atoms with van der Waals surface area (Å²) in [5, 5.41) is 13.5. The quantitative estimate of drug-likeness (QED) is 0.460. The predicted octanol–water partition coefficient (Wildman–Crippen LogP) is 2.58. The number of ether oxygens (including phenoxy) is 2. The van der Waals surface area contributed by atoms with Gasteiger partial charge in [-0.2, -0.15) is 0 Å². The van der Waals surface area contributed by atoms with Crippen LogP contribution in [-0.4, -0.2) is 67.7 Å². The summed E-state index contributed by atoms with van der Waals surface area (Å²) in [4.78, 5) is 27.3. The number of nitrogen functional groups attached to an aromatic ring is 1. The first-order chi connectivity index (χ1) is 16.2. The van der Waals surface area contributed by atoms with Crippen LogP contribution in [0.2, 0.25) is 5.02 Å². The zero-order valence-electron chi connectivity index (χ0n) is 19.1. The van der Waals surface area contributed by atoms with Crippen LogP contribution in [0.1, 0.15) is 34.9 Å². The van der Waals surface area contributed by atoms with E-state index >= 15 is 0 Å². The second-order valence-electron chi connectivity index (χ2n) is 8.19. The predicted molar refractivity (Wildman–Crippen MR) is 127 cm³/mol. The minimum Gasteiger partial charge on any atom is -0.496 e. The first-order valence-corrected chi connectivity index (χ1v) is 11.3. The molecule has 1 fully saturated rings. The standard InChI is InChI=1S/C24H29ClFN3O5/c1-33-21-12-18(27)17(25)11-16(21)24(32)28-19-7-9-29(13-22(19)34-2)10-8-20(30)23(31)14-3-5-15(26)6-4-14/h3-6,11-12,19,22-23,31H,7-10,13,27H2,1-2H3,(H,28,32). The summed E-state index contributed by atoms with van der Waals surface area (Å²) in [7, 11) is 3.02. The molecule has 10 heteroatoms. The van der Waals surface area contributed by atoms with Gasteiger partial charge < -0.3 is 30.5 Å². The minimum atomic E-state index is -1.29. The van der Waals surface area contributed by atoms with E-state index in [1.807, 2.05) is 4.90 Å². The number of benzene rings is 2. The van der Waals surface area contributed by atoms with E-state index in [1.165, 1.54) is 43.5 Å². The highest BCUT2D eigenvalue weighted by atomic mass is 35.5. The topological polar surface area (TPSA) is 114 Å². The van der Waals surface area contributed by atoms with Crippen molar-refractivity contribution in [2.45, 2.75) is 31.1 Å². The lowest BCUT2D eigenvalue weighted by molar-refractivity contribution is -0.128. The van der Waals surface area contributed by atoms with Crippen LogP contribution < -0.4 is 15.8 Å². The highest BCUT2D eigenvalue weighted by Crippen LogP contribution is 2.29. The lowest BCUT2D eigenvalue weighted by atomic mass is 9.99. The Morgan fingerprint density at radius 3 is 2.65 bits per heavy atom. The van der Waals surface area contributed by atoms with Crippen LogP contribution in [-0.2, 0) is 9.53 Å². The highest BCUT2D eigenvalue weighted by Gasteiger charge is 2.32. The van der Waals surface area contributed by atoms with Crippen LogP contribution in [0.25, 0.3) is 0 Å². The van der Waals surface area contributed by atoms with Gasteiger partial charge in [0.15, 0.2) is 5.78 Å². The van der Waals surface area contributed by atoms with Crippen LogP contribution >= 0.6 is 11.6 Å². The summed E-state index contributed by atoms with van der Waals surface area (Å²) >= 11 is 6.08. The molecule has 1 heterocycles. The molecule has 0 spiro atoms. The van der Waals surface area contributed by atoms with Gasteiger partial charge in [0.2, 0.25) is 0 Å². The number of carbonyl (C=O) groups excluding carboxylic acids is 2. The molecular formula is C24H29ClFN3O5. The van der Waals surface area contributed by atoms with Crippen LogP contribution in [0, 0.1) is 5.82 Å². The number of aliphatic hydroxyl groups excluding tert-OH is 1. The Morgan fingerprint density at radius 2 is 2.00 bits per heavy atom. The summed E-state index contributed by atoms with van der Waals surface area (Å²) in [5.74, 6) is -0.800. The minimum absolute atomic E-state index is 0.132. The molecule has 0 radical (unpaired) electrons. The number of anilines is 1. The fraction of sp³-hybridized carbons (Fsp3) is 0.417. The number of amides is 1. The molecule has 3 atom stereocenters. The maximum absolute atomic E-state index is 13.1. The lowest BCUT2D eigenvalue weighted by Crippen LogP contribution is -2.55. The maximum Gasteiger partial charge on any atom is 0.255 e. The molecule has 3 rings (SSSR count). The maximum atomic E-state index is 13.1. The van der Waals surface area contributed by atoms with Crippen LogP contribution in [0.3, 0.4) is 0 Å². The number of halogens is 2. The Balaban J connectivity index is 1.55. The number of hydrogen-bond acceptors (Lipinski definition) is 7. The van der Waals surface area contributed by atoms with E-state index in [9.17, 15) is 19.1 Å². The van der Waals surface area contributed by atoms with Crippen molar-refractivity contribution in [3.05, 3.63) is 58.4 Å². The number of methoxy groups -OCH3 is 2. The number of aliphatic hydroxyl groups is 1. The average Bonchev–Trinajstić information content (AvgIpc) is 2.84. The number of carbonyl (C=O) groups is 2. The van der Waals surface area contributed by atoms with E-state index in [0.29, 0.717) is 43.1 Å². The number of likely N-dealkylation sites (tertiary alicyclic amines) is 1. The van der Waals surface area contributed by atoms with E-state index in [4.69, 9.17) is 26.8 Å². The number of rotatable bonds is 9. The monoisotopic (exact) mass is 493 g/mol. The first-order valence-electron chi connectivity index (χ1n) is 10.9. The molecule has 184 valence electrons. The zero-order valence-corrected chi connectivity index (χ0v) is 19.8. The van der Waals surface area contributed by atoms with Crippen molar-refractivity contribution in [1.82, 2.24) is 10.2 Å². The fourth-order valence-corrected chi connectivity index (χ4v) is 4.15. The number of ketones is 1. The largest absolute Gasteiger partial charge is 0.496 e. The Bertz CT molecular complexity index is 1020. The third-order valence-corrected chi connectivity index (χ3v) is 6.32. The van der Waals surface area contributed by atoms with Gasteiger partial charge >= 0.3 is 0 Å². The van der Waals surface area contributed by atoms with Crippen molar-refractivity contribution in [3.63, 3.8) is 0 Å². The van der Waals surface area contributed by atoms with Gasteiger partial charge in [0, 0.05) is 39.2 Å². The van der Waals surface area contributed by atoms with Gasteiger partial charge in [0.1, 0.15) is 17.7 Å². The smallest absolute Gasteiger partial charge is 0.255 e. The summed E-state index contributed by atoms with van der Waals surface area (Å²) in [6.45, 7) is 1.56. The normalized spacial score (nSPS) is 19.4. The number of nitrogens with one attached hydrogen (secondary N) is 1. The van der Waals surface area contributed by atoms with Crippen molar-refractivity contribution in [1.29, 1.82) is 0 Å². The van der Waals surface area contributed by atoms with E-state index < -0.39 is 11.9 Å². The molecule has 2 aromatic carbocycles. The Kier molecular flexibility index (Phi) is 8.84. The van der Waals surface area contributed by atoms with Crippen LogP contribution in [0.5, 0.6) is 5.75 Å². The zero-order chi connectivity index (χ0) is 24.8. The number of Topliss-reactive ketones (excluding diaryl/α,β-unsaturated/α-hetero) is 1. The molecule has 1 saturated heterocycles. The summed E-state index contributed by atoms with van der Waals surface area (Å²) in [6.07, 6.45) is -0.862. The van der Waals surface area contributed by atoms with Crippen LogP contribution in [0.4, 0.5) is 10.1 Å². The molecule has 1 aliphatic heterocycles. The second-order valence-corrected chi connectivity index (χ2v) is 8.59. The average molecular weight is 494 g/mol. The number of nitrogens with two attached hydrogens (primary N) is 1. The van der Waals surface area contributed by atoms with Crippen LogP contribution in [0.15, 0.2) is 36.4 Å². The van der Waals surface area contributed by atoms with Crippen molar-refractivity contribution < 1.29 is 28.6 Å². The van der Waals surface area contributed by atoms with Gasteiger partial charge in [-0.05, 0) is 30.2 Å². The van der Waals surface area contributed by atoms with Crippen molar-refractivity contribution >= 4 is 29.0 Å². The van der Waals surface area contributed by atoms with E-state index in [0.717, 1.165) is 0 Å². The van der Waals surface area contributed by atoms with E-state index in [2.05, 4.69) is 5.32 Å². The Hall–Kier alpha value is -2.72. The third kappa shape index (κ3) is 6.24. The number of hydrogen-bond donors (Lipinski definition) is 3. The molecule has 0 aromatic heterocycles. The molecule has 4 N–H and O–H groups in total. The van der Waals surface area contributed by atoms with Gasteiger partial charge in [0.25, 0.3) is 5.91 Å². The van der Waals surface area contributed by atoms with Crippen molar-refractivity contribution in [2.24, 2.45) is 0 Å². The van der Waals surface area contributed by atoms with Gasteiger partial charge in [-0.25, -0.2) is 4.39 Å². The van der Waals surface area contributed by atoms with E-state index in [-0.39, 0.29) is 40.8 Å². The SMILES string of the molecule is COc1cc(N)c(Cl)cc1C(=O)NC1CCN(CCC(=O)C(O)c2ccc(F)cc2)CC1OC. The summed E-state index contributed by atoms with van der Waals surface area (Å²) in [5.41, 5.74) is 6.75. The van der Waals surface area contributed by atoms with Gasteiger partial charge in [0.05, 0.1) is 35.5 Å². The molecule has 0 bridgehead atoms. The molecular weight excluding hydrogens is 465 g/mol. The molecule has 1 amide bonds. The first kappa shape index (κ1) is 25.9. The number of piperidine rings is 1.